The average Bonchev–Trinajstić information content (AvgIpc) is 2.64. The molecule has 0 bridgehead atoms. The average molecular weight is 348 g/mol. The molecular weight excluding hydrogens is 328 g/mol. The lowest BCUT2D eigenvalue weighted by molar-refractivity contribution is -0.112. The number of nitrogens with zero attached hydrogens (tertiary/aromatic N) is 1. The third-order valence-corrected chi connectivity index (χ3v) is 3.52. The van der Waals surface area contributed by atoms with Crippen LogP contribution in [0.25, 0.3) is 6.08 Å². The minimum absolute atomic E-state index is 0.0277. The number of carbonyl (C=O) groups is 1. The smallest absolute Gasteiger partial charge is 0.266 e. The van der Waals surface area contributed by atoms with Crippen molar-refractivity contribution in [2.45, 2.75) is 6.92 Å². The molecule has 0 saturated carbocycles. The summed E-state index contributed by atoms with van der Waals surface area (Å²) in [7, 11) is 1.55. The van der Waals surface area contributed by atoms with Gasteiger partial charge in [0.1, 0.15) is 29.7 Å². The summed E-state index contributed by atoms with van der Waals surface area (Å²) >= 11 is 0. The fourth-order valence-electron chi connectivity index (χ4n) is 2.26. The summed E-state index contributed by atoms with van der Waals surface area (Å²) in [5.41, 5.74) is 2.22. The number of carbonyl (C=O) groups excluding carboxylic acids is 1. The molecule has 1 N–H and O–H groups in total. The van der Waals surface area contributed by atoms with E-state index < -0.39 is 5.91 Å². The number of hydrogen-bond acceptors (Lipinski definition) is 4. The quantitative estimate of drug-likeness (QED) is 0.464. The van der Waals surface area contributed by atoms with Crippen molar-refractivity contribution < 1.29 is 14.3 Å². The van der Waals surface area contributed by atoms with Crippen LogP contribution >= 0.6 is 0 Å². The molecule has 0 unspecified atom stereocenters. The van der Waals surface area contributed by atoms with Crippen LogP contribution in [0, 0.1) is 18.3 Å². The molecule has 0 radical (unpaired) electrons. The molecule has 5 nitrogen and oxygen atoms in total. The Balaban J connectivity index is 2.31. The maximum absolute atomic E-state index is 12.4. The number of anilines is 1. The molecule has 5 heteroatoms. The van der Waals surface area contributed by atoms with E-state index >= 15 is 0 Å². The van der Waals surface area contributed by atoms with E-state index in [0.717, 1.165) is 5.56 Å². The first-order valence-electron chi connectivity index (χ1n) is 7.99. The van der Waals surface area contributed by atoms with E-state index in [4.69, 9.17) is 9.47 Å². The van der Waals surface area contributed by atoms with Gasteiger partial charge in [-0.15, -0.1) is 0 Å². The van der Waals surface area contributed by atoms with Crippen molar-refractivity contribution in [3.63, 3.8) is 0 Å². The first-order chi connectivity index (χ1) is 12.6. The summed E-state index contributed by atoms with van der Waals surface area (Å²) in [4.78, 5) is 12.4. The maximum atomic E-state index is 12.4. The Morgan fingerprint density at radius 3 is 2.77 bits per heavy atom. The van der Waals surface area contributed by atoms with Crippen molar-refractivity contribution in [1.82, 2.24) is 0 Å². The Morgan fingerprint density at radius 2 is 2.12 bits per heavy atom. The van der Waals surface area contributed by atoms with Gasteiger partial charge in [-0.3, -0.25) is 4.79 Å². The SMILES string of the molecule is C=CCOc1cc(OC)ccc1/C=C(\C#N)C(=O)Nc1cccc(C)c1. The van der Waals surface area contributed by atoms with Crippen molar-refractivity contribution in [3.8, 4) is 17.6 Å². The molecule has 0 aliphatic heterocycles. The summed E-state index contributed by atoms with van der Waals surface area (Å²) in [6, 6.07) is 14.5. The van der Waals surface area contributed by atoms with Gasteiger partial charge in [-0.25, -0.2) is 0 Å². The van der Waals surface area contributed by atoms with Gasteiger partial charge in [-0.2, -0.15) is 5.26 Å². The zero-order valence-corrected chi connectivity index (χ0v) is 14.8. The lowest BCUT2D eigenvalue weighted by Gasteiger charge is -2.10. The van der Waals surface area contributed by atoms with Crippen LogP contribution < -0.4 is 14.8 Å². The highest BCUT2D eigenvalue weighted by atomic mass is 16.5. The van der Waals surface area contributed by atoms with Gasteiger partial charge >= 0.3 is 0 Å². The van der Waals surface area contributed by atoms with Crippen LogP contribution in [-0.2, 0) is 4.79 Å². The summed E-state index contributed by atoms with van der Waals surface area (Å²) in [6.07, 6.45) is 3.10. The topological polar surface area (TPSA) is 71.3 Å². The molecule has 0 aromatic heterocycles. The zero-order chi connectivity index (χ0) is 18.9. The van der Waals surface area contributed by atoms with E-state index in [2.05, 4.69) is 11.9 Å². The van der Waals surface area contributed by atoms with E-state index in [1.165, 1.54) is 6.08 Å². The zero-order valence-electron chi connectivity index (χ0n) is 14.8. The number of nitriles is 1. The standard InChI is InChI=1S/C21H20N2O3/c1-4-10-26-20-13-19(25-3)9-8-16(20)12-17(14-22)21(24)23-18-7-5-6-15(2)11-18/h4-9,11-13H,1,10H2,2-3H3,(H,23,24)/b17-12+. The Morgan fingerprint density at radius 1 is 1.31 bits per heavy atom. The largest absolute Gasteiger partial charge is 0.497 e. The highest BCUT2D eigenvalue weighted by Gasteiger charge is 2.12. The monoisotopic (exact) mass is 348 g/mol. The number of ether oxygens (including phenoxy) is 2. The van der Waals surface area contributed by atoms with Crippen LogP contribution in [0.4, 0.5) is 5.69 Å². The van der Waals surface area contributed by atoms with E-state index in [-0.39, 0.29) is 5.57 Å². The Hall–Kier alpha value is -3.52. The normalized spacial score (nSPS) is 10.6. The molecule has 0 atom stereocenters. The summed E-state index contributed by atoms with van der Waals surface area (Å²) in [5.74, 6) is 0.632. The highest BCUT2D eigenvalue weighted by Crippen LogP contribution is 2.27. The van der Waals surface area contributed by atoms with E-state index in [0.29, 0.717) is 29.4 Å². The third kappa shape index (κ3) is 4.99. The number of amides is 1. The molecule has 0 fully saturated rings. The molecule has 0 saturated heterocycles. The first-order valence-corrected chi connectivity index (χ1v) is 7.99. The van der Waals surface area contributed by atoms with Crippen LogP contribution in [0.1, 0.15) is 11.1 Å². The maximum Gasteiger partial charge on any atom is 0.266 e. The van der Waals surface area contributed by atoms with Crippen LogP contribution in [-0.4, -0.2) is 19.6 Å². The Labute approximate surface area is 153 Å². The number of rotatable bonds is 7. The summed E-state index contributed by atoms with van der Waals surface area (Å²) in [5, 5.41) is 12.1. The predicted molar refractivity (Wildman–Crippen MR) is 102 cm³/mol. The minimum Gasteiger partial charge on any atom is -0.497 e. The third-order valence-electron chi connectivity index (χ3n) is 3.52. The predicted octanol–water partition coefficient (Wildman–Crippen LogP) is 4.11. The van der Waals surface area contributed by atoms with Crippen LogP contribution in [0.3, 0.4) is 0 Å². The van der Waals surface area contributed by atoms with Crippen LogP contribution in [0.15, 0.2) is 60.7 Å². The van der Waals surface area contributed by atoms with Crippen molar-refractivity contribution in [1.29, 1.82) is 5.26 Å². The number of aryl methyl sites for hydroxylation is 1. The van der Waals surface area contributed by atoms with Gasteiger partial charge < -0.3 is 14.8 Å². The van der Waals surface area contributed by atoms with Gasteiger partial charge in [0.2, 0.25) is 0 Å². The summed E-state index contributed by atoms with van der Waals surface area (Å²) in [6.45, 7) is 5.84. The molecule has 26 heavy (non-hydrogen) atoms. The highest BCUT2D eigenvalue weighted by molar-refractivity contribution is 6.09. The molecule has 0 aliphatic rings. The molecule has 1 amide bonds. The number of hydrogen-bond donors (Lipinski definition) is 1. The minimum atomic E-state index is -0.483. The summed E-state index contributed by atoms with van der Waals surface area (Å²) < 4.78 is 10.8. The first kappa shape index (κ1) is 18.8. The molecule has 0 aliphatic carbocycles. The second-order valence-electron chi connectivity index (χ2n) is 5.50. The van der Waals surface area contributed by atoms with Crippen LogP contribution in [0.5, 0.6) is 11.5 Å². The van der Waals surface area contributed by atoms with Gasteiger partial charge in [-0.1, -0.05) is 24.8 Å². The van der Waals surface area contributed by atoms with Gasteiger partial charge in [-0.05, 0) is 42.8 Å². The van der Waals surface area contributed by atoms with E-state index in [9.17, 15) is 10.1 Å². The molecule has 2 aromatic carbocycles. The molecular formula is C21H20N2O3. The van der Waals surface area contributed by atoms with Gasteiger partial charge in [0.05, 0.1) is 7.11 Å². The Bertz CT molecular complexity index is 879. The molecule has 0 heterocycles. The van der Waals surface area contributed by atoms with Crippen LogP contribution in [0.2, 0.25) is 0 Å². The Kier molecular flexibility index (Phi) is 6.58. The fourth-order valence-corrected chi connectivity index (χ4v) is 2.26. The molecule has 132 valence electrons. The van der Waals surface area contributed by atoms with Crippen molar-refractivity contribution >= 4 is 17.7 Å². The van der Waals surface area contributed by atoms with Crippen molar-refractivity contribution in [2.75, 3.05) is 19.0 Å². The van der Waals surface area contributed by atoms with Gasteiger partial charge in [0, 0.05) is 17.3 Å². The van der Waals surface area contributed by atoms with E-state index in [1.54, 1.807) is 37.5 Å². The van der Waals surface area contributed by atoms with Crippen molar-refractivity contribution in [2.24, 2.45) is 0 Å². The van der Waals surface area contributed by atoms with Gasteiger partial charge in [0.15, 0.2) is 0 Å². The lowest BCUT2D eigenvalue weighted by Crippen LogP contribution is -2.13. The second-order valence-corrected chi connectivity index (χ2v) is 5.50. The number of nitrogens with one attached hydrogen (secondary N) is 1. The van der Waals surface area contributed by atoms with Crippen molar-refractivity contribution in [3.05, 3.63) is 71.8 Å². The number of methoxy groups -OCH3 is 1. The molecule has 0 spiro atoms. The van der Waals surface area contributed by atoms with E-state index in [1.807, 2.05) is 31.2 Å². The lowest BCUT2D eigenvalue weighted by atomic mass is 10.1. The fraction of sp³-hybridized carbons (Fsp3) is 0.143. The molecule has 2 rings (SSSR count). The number of benzene rings is 2. The molecule has 2 aromatic rings. The van der Waals surface area contributed by atoms with Gasteiger partial charge in [0.25, 0.3) is 5.91 Å². The second kappa shape index (κ2) is 9.09.